The number of hydrogen-bond acceptors (Lipinski definition) is 5. The number of nitrogens with zero attached hydrogens (tertiary/aromatic N) is 3. The molecule has 0 atom stereocenters. The number of hydrogen-bond donors (Lipinski definition) is 0. The Morgan fingerprint density at radius 3 is 2.45 bits per heavy atom. The minimum absolute atomic E-state index is 0.154. The van der Waals surface area contributed by atoms with Crippen LogP contribution in [0, 0.1) is 6.92 Å². The van der Waals surface area contributed by atoms with Crippen LogP contribution >= 0.6 is 11.3 Å². The van der Waals surface area contributed by atoms with Crippen molar-refractivity contribution in [2.45, 2.75) is 20.3 Å². The molecular weight excluding hydrogens is 382 g/mol. The van der Waals surface area contributed by atoms with Crippen LogP contribution < -0.4 is 14.8 Å². The number of aromatic nitrogens is 3. The van der Waals surface area contributed by atoms with Crippen molar-refractivity contribution < 1.29 is 4.74 Å². The first-order valence-corrected chi connectivity index (χ1v) is 10.3. The average Bonchev–Trinajstić information content (AvgIpc) is 3.26. The fourth-order valence-corrected chi connectivity index (χ4v) is 3.71. The third-order valence-electron chi connectivity index (χ3n) is 4.35. The van der Waals surface area contributed by atoms with Gasteiger partial charge in [0, 0.05) is 0 Å². The molecule has 0 aliphatic rings. The molecule has 6 heteroatoms. The van der Waals surface area contributed by atoms with Gasteiger partial charge in [-0.25, -0.2) is 0 Å². The molecule has 2 heterocycles. The molecule has 29 heavy (non-hydrogen) atoms. The van der Waals surface area contributed by atoms with Crippen LogP contribution in [0.3, 0.4) is 0 Å². The molecule has 0 saturated heterocycles. The molecule has 0 N–H and O–H groups in total. The molecule has 4 rings (SSSR count). The highest BCUT2D eigenvalue weighted by Gasteiger charge is 2.08. The van der Waals surface area contributed by atoms with Crippen LogP contribution in [0.25, 0.3) is 23.2 Å². The Kier molecular flexibility index (Phi) is 5.53. The van der Waals surface area contributed by atoms with Crippen LogP contribution in [0.4, 0.5) is 0 Å². The largest absolute Gasteiger partial charge is 0.494 e. The van der Waals surface area contributed by atoms with E-state index < -0.39 is 0 Å². The van der Waals surface area contributed by atoms with Crippen LogP contribution in [0.2, 0.25) is 0 Å². The van der Waals surface area contributed by atoms with Gasteiger partial charge in [0.15, 0.2) is 5.82 Å². The lowest BCUT2D eigenvalue weighted by Gasteiger charge is -2.03. The average molecular weight is 404 g/mol. The lowest BCUT2D eigenvalue weighted by molar-refractivity contribution is 0.317. The van der Waals surface area contributed by atoms with E-state index in [1.165, 1.54) is 21.4 Å². The lowest BCUT2D eigenvalue weighted by Crippen LogP contribution is -2.23. The van der Waals surface area contributed by atoms with Crippen molar-refractivity contribution in [3.8, 4) is 5.75 Å². The normalized spacial score (nSPS) is 12.3. The van der Waals surface area contributed by atoms with Gasteiger partial charge in [-0.15, -0.1) is 5.10 Å². The Labute approximate surface area is 172 Å². The number of rotatable bonds is 6. The van der Waals surface area contributed by atoms with Gasteiger partial charge in [0.1, 0.15) is 5.75 Å². The fraction of sp³-hybridized carbons (Fsp3) is 0.174. The van der Waals surface area contributed by atoms with E-state index in [1.54, 1.807) is 0 Å². The highest BCUT2D eigenvalue weighted by atomic mass is 32.1. The highest BCUT2D eigenvalue weighted by molar-refractivity contribution is 7.15. The second-order valence-corrected chi connectivity index (χ2v) is 7.75. The summed E-state index contributed by atoms with van der Waals surface area (Å²) in [5, 5.41) is 4.33. The molecule has 0 amide bonds. The zero-order valence-corrected chi connectivity index (χ0v) is 17.1. The Hall–Kier alpha value is -3.25. The van der Waals surface area contributed by atoms with Crippen molar-refractivity contribution in [1.82, 2.24) is 14.6 Å². The van der Waals surface area contributed by atoms with Crippen molar-refractivity contribution in [1.29, 1.82) is 0 Å². The molecule has 0 aliphatic heterocycles. The second-order valence-electron chi connectivity index (χ2n) is 6.74. The first kappa shape index (κ1) is 19.1. The van der Waals surface area contributed by atoms with Crippen LogP contribution in [0.5, 0.6) is 5.75 Å². The number of benzene rings is 2. The summed E-state index contributed by atoms with van der Waals surface area (Å²) in [4.78, 5) is 17.7. The van der Waals surface area contributed by atoms with Crippen molar-refractivity contribution in [3.05, 3.63) is 85.9 Å². The van der Waals surface area contributed by atoms with Crippen LogP contribution in [0.15, 0.2) is 53.3 Å². The maximum absolute atomic E-state index is 12.7. The topological polar surface area (TPSA) is 56.5 Å². The van der Waals surface area contributed by atoms with Crippen LogP contribution in [-0.4, -0.2) is 21.2 Å². The number of thiazole rings is 1. The maximum Gasteiger partial charge on any atom is 0.291 e. The molecular formula is C23H21N3O2S. The Morgan fingerprint density at radius 2 is 1.76 bits per heavy atom. The summed E-state index contributed by atoms with van der Waals surface area (Å²) in [5.41, 5.74) is 3.07. The molecule has 0 bridgehead atoms. The molecule has 0 radical (unpaired) electrons. The zero-order chi connectivity index (χ0) is 20.2. The Morgan fingerprint density at radius 1 is 1.03 bits per heavy atom. The van der Waals surface area contributed by atoms with Crippen molar-refractivity contribution in [2.75, 3.05) is 6.61 Å². The van der Waals surface area contributed by atoms with E-state index in [9.17, 15) is 4.79 Å². The first-order valence-electron chi connectivity index (χ1n) is 9.51. The van der Waals surface area contributed by atoms with Gasteiger partial charge in [0.2, 0.25) is 4.96 Å². The maximum atomic E-state index is 12.7. The molecule has 2 aromatic heterocycles. The molecule has 5 nitrogen and oxygen atoms in total. The summed E-state index contributed by atoms with van der Waals surface area (Å²) < 4.78 is 7.56. The third-order valence-corrected chi connectivity index (χ3v) is 5.31. The van der Waals surface area contributed by atoms with E-state index >= 15 is 0 Å². The van der Waals surface area contributed by atoms with Crippen molar-refractivity contribution >= 4 is 34.5 Å². The quantitative estimate of drug-likeness (QED) is 0.489. The SMILES string of the molecule is CCCOc1ccc(/C=c2/sc3nc(/C=C/c4ccc(C)cc4)nn3c2=O)cc1. The van der Waals surface area contributed by atoms with Crippen molar-refractivity contribution in [2.24, 2.45) is 0 Å². The van der Waals surface area contributed by atoms with Gasteiger partial charge in [0.25, 0.3) is 5.56 Å². The van der Waals surface area contributed by atoms with Crippen LogP contribution in [0.1, 0.15) is 35.9 Å². The minimum atomic E-state index is -0.154. The molecule has 0 unspecified atom stereocenters. The number of fused-ring (bicyclic) bond motifs is 1. The Balaban J connectivity index is 1.57. The van der Waals surface area contributed by atoms with Gasteiger partial charge < -0.3 is 4.74 Å². The standard InChI is InChI=1S/C23H21N3O2S/c1-3-14-28-19-11-8-18(9-12-19)15-20-22(27)26-23(29-20)24-21(25-26)13-10-17-6-4-16(2)5-7-17/h4-13,15H,3,14H2,1-2H3/b13-10+,20-15+. The van der Waals surface area contributed by atoms with Crippen molar-refractivity contribution in [3.63, 3.8) is 0 Å². The summed E-state index contributed by atoms with van der Waals surface area (Å²) in [5.74, 6) is 1.36. The van der Waals surface area contributed by atoms with Gasteiger partial charge in [0.05, 0.1) is 11.1 Å². The zero-order valence-electron chi connectivity index (χ0n) is 16.3. The van der Waals surface area contributed by atoms with Gasteiger partial charge in [-0.05, 0) is 48.8 Å². The molecule has 146 valence electrons. The predicted molar refractivity (Wildman–Crippen MR) is 118 cm³/mol. The number of ether oxygens (including phenoxy) is 1. The first-order chi connectivity index (χ1) is 14.1. The monoisotopic (exact) mass is 403 g/mol. The van der Waals surface area contributed by atoms with E-state index in [1.807, 2.05) is 54.6 Å². The number of aryl methyl sites for hydroxylation is 1. The summed E-state index contributed by atoms with van der Waals surface area (Å²) >= 11 is 1.34. The molecule has 0 spiro atoms. The molecule has 0 saturated carbocycles. The summed E-state index contributed by atoms with van der Waals surface area (Å²) in [7, 11) is 0. The van der Waals surface area contributed by atoms with E-state index in [2.05, 4.69) is 36.1 Å². The molecule has 0 fully saturated rings. The summed E-state index contributed by atoms with van der Waals surface area (Å²) in [6.07, 6.45) is 6.59. The second kappa shape index (κ2) is 8.41. The third kappa shape index (κ3) is 4.43. The predicted octanol–water partition coefficient (Wildman–Crippen LogP) is 3.97. The van der Waals surface area contributed by atoms with Crippen LogP contribution in [-0.2, 0) is 0 Å². The van der Waals surface area contributed by atoms with Gasteiger partial charge >= 0.3 is 0 Å². The molecule has 0 aliphatic carbocycles. The highest BCUT2D eigenvalue weighted by Crippen LogP contribution is 2.13. The van der Waals surface area contributed by atoms with Gasteiger partial charge in [-0.3, -0.25) is 4.79 Å². The fourth-order valence-electron chi connectivity index (χ4n) is 2.80. The van der Waals surface area contributed by atoms with E-state index in [-0.39, 0.29) is 5.56 Å². The molecule has 2 aromatic carbocycles. The smallest absolute Gasteiger partial charge is 0.291 e. The summed E-state index contributed by atoms with van der Waals surface area (Å²) in [6.45, 7) is 4.82. The van der Waals surface area contributed by atoms with E-state index in [4.69, 9.17) is 4.74 Å². The summed E-state index contributed by atoms with van der Waals surface area (Å²) in [6, 6.07) is 15.9. The van der Waals surface area contributed by atoms with Gasteiger partial charge in [-0.1, -0.05) is 66.3 Å². The molecule has 4 aromatic rings. The Bertz CT molecular complexity index is 1250. The van der Waals surface area contributed by atoms with E-state index in [0.717, 1.165) is 23.3 Å². The van der Waals surface area contributed by atoms with E-state index in [0.29, 0.717) is 21.9 Å². The lowest BCUT2D eigenvalue weighted by atomic mass is 10.1. The minimum Gasteiger partial charge on any atom is -0.494 e. The van der Waals surface area contributed by atoms with Gasteiger partial charge in [-0.2, -0.15) is 9.50 Å².